The van der Waals surface area contributed by atoms with Crippen LogP contribution in [0.15, 0.2) is 18.2 Å². The molecular formula is C24H35N5O3. The third-order valence-corrected chi connectivity index (χ3v) is 6.67. The fourth-order valence-electron chi connectivity index (χ4n) is 4.83. The van der Waals surface area contributed by atoms with Gasteiger partial charge in [0, 0.05) is 44.4 Å². The van der Waals surface area contributed by atoms with Crippen LogP contribution in [-0.4, -0.2) is 61.4 Å². The van der Waals surface area contributed by atoms with E-state index >= 15 is 0 Å². The maximum Gasteiger partial charge on any atom is 0.272 e. The van der Waals surface area contributed by atoms with Crippen molar-refractivity contribution < 1.29 is 14.3 Å². The molecule has 2 aromatic rings. The maximum atomic E-state index is 12.7. The third kappa shape index (κ3) is 5.41. The first-order valence-electron chi connectivity index (χ1n) is 12.0. The fourth-order valence-corrected chi connectivity index (χ4v) is 4.83. The number of piperidine rings is 1. The molecule has 174 valence electrons. The van der Waals surface area contributed by atoms with Gasteiger partial charge in [0.25, 0.3) is 5.91 Å². The van der Waals surface area contributed by atoms with E-state index in [9.17, 15) is 9.59 Å². The predicted octanol–water partition coefficient (Wildman–Crippen LogP) is 2.99. The van der Waals surface area contributed by atoms with E-state index in [4.69, 9.17) is 4.74 Å². The van der Waals surface area contributed by atoms with Crippen LogP contribution in [0.5, 0.6) is 0 Å². The minimum atomic E-state index is -0.206. The van der Waals surface area contributed by atoms with Gasteiger partial charge in [0.1, 0.15) is 0 Å². The Balaban J connectivity index is 1.26. The Kier molecular flexibility index (Phi) is 7.63. The highest BCUT2D eigenvalue weighted by atomic mass is 16.5. The molecule has 1 atom stereocenters. The summed E-state index contributed by atoms with van der Waals surface area (Å²) < 4.78 is 5.95. The summed E-state index contributed by atoms with van der Waals surface area (Å²) in [5, 5.41) is 13.6. The largest absolute Gasteiger partial charge is 0.378 e. The van der Waals surface area contributed by atoms with E-state index in [-0.39, 0.29) is 17.7 Å². The summed E-state index contributed by atoms with van der Waals surface area (Å²) in [6.45, 7) is 3.02. The van der Waals surface area contributed by atoms with Crippen LogP contribution < -0.4 is 15.5 Å². The first kappa shape index (κ1) is 22.6. The Morgan fingerprint density at radius 3 is 2.84 bits per heavy atom. The van der Waals surface area contributed by atoms with E-state index in [0.717, 1.165) is 49.0 Å². The fraction of sp³-hybridized carbons (Fsp3) is 0.625. The number of aromatic amines is 1. The molecule has 8 nitrogen and oxygen atoms in total. The highest BCUT2D eigenvalue weighted by molar-refractivity contribution is 6.05. The highest BCUT2D eigenvalue weighted by Crippen LogP contribution is 2.27. The van der Waals surface area contributed by atoms with E-state index in [1.54, 1.807) is 7.05 Å². The Bertz CT molecular complexity index is 921. The van der Waals surface area contributed by atoms with E-state index in [1.165, 1.54) is 32.1 Å². The summed E-state index contributed by atoms with van der Waals surface area (Å²) in [6, 6.07) is 5.94. The second-order valence-electron chi connectivity index (χ2n) is 8.94. The molecule has 1 aromatic heterocycles. The molecule has 0 bridgehead atoms. The van der Waals surface area contributed by atoms with Crippen molar-refractivity contribution in [1.29, 1.82) is 0 Å². The van der Waals surface area contributed by atoms with Gasteiger partial charge in [0.05, 0.1) is 17.5 Å². The Labute approximate surface area is 189 Å². The number of amides is 2. The first-order valence-corrected chi connectivity index (χ1v) is 12.0. The van der Waals surface area contributed by atoms with Gasteiger partial charge >= 0.3 is 0 Å². The maximum absolute atomic E-state index is 12.7. The number of rotatable bonds is 8. The van der Waals surface area contributed by atoms with Gasteiger partial charge in [-0.05, 0) is 50.3 Å². The lowest BCUT2D eigenvalue weighted by molar-refractivity contribution is -0.125. The molecule has 4 rings (SSSR count). The molecule has 0 radical (unpaired) electrons. The van der Waals surface area contributed by atoms with Gasteiger partial charge in [-0.3, -0.25) is 14.7 Å². The van der Waals surface area contributed by atoms with Gasteiger partial charge in [-0.25, -0.2) is 0 Å². The van der Waals surface area contributed by atoms with Gasteiger partial charge in [-0.1, -0.05) is 19.3 Å². The van der Waals surface area contributed by atoms with Crippen LogP contribution >= 0.6 is 0 Å². The van der Waals surface area contributed by atoms with Crippen LogP contribution in [0.1, 0.15) is 61.9 Å². The van der Waals surface area contributed by atoms with Crippen molar-refractivity contribution in [1.82, 2.24) is 20.8 Å². The Morgan fingerprint density at radius 2 is 2.03 bits per heavy atom. The number of fused-ring (bicyclic) bond motifs is 1. The molecule has 0 spiro atoms. The van der Waals surface area contributed by atoms with Crippen molar-refractivity contribution in [3.8, 4) is 0 Å². The molecule has 2 fully saturated rings. The average molecular weight is 442 g/mol. The SMILES string of the molecule is CNC(=O)c1n[nH]c2cc(N3CCCC(C(=O)NCCCOC4CCCCC4)C3)ccc12. The number of hydrogen-bond acceptors (Lipinski definition) is 5. The molecular weight excluding hydrogens is 406 g/mol. The molecule has 2 aliphatic rings. The predicted molar refractivity (Wildman–Crippen MR) is 125 cm³/mol. The molecule has 1 saturated carbocycles. The molecule has 1 aromatic carbocycles. The molecule has 2 heterocycles. The Hall–Kier alpha value is -2.61. The van der Waals surface area contributed by atoms with Gasteiger partial charge in [-0.2, -0.15) is 5.10 Å². The monoisotopic (exact) mass is 441 g/mol. The standard InChI is InChI=1S/C24H35N5O3/c1-25-24(31)22-20-11-10-18(15-21(20)27-28-22)29-13-5-7-17(16-29)23(30)26-12-6-14-32-19-8-3-2-4-9-19/h10-11,15,17,19H,2-9,12-14,16H2,1H3,(H,25,31)(H,26,30)(H,27,28). The van der Waals surface area contributed by atoms with Crippen LogP contribution in [0.3, 0.4) is 0 Å². The van der Waals surface area contributed by atoms with Gasteiger partial charge in [-0.15, -0.1) is 0 Å². The average Bonchev–Trinajstić information content (AvgIpc) is 3.27. The zero-order valence-electron chi connectivity index (χ0n) is 19.0. The van der Waals surface area contributed by atoms with Crippen LogP contribution in [-0.2, 0) is 9.53 Å². The second kappa shape index (κ2) is 10.8. The van der Waals surface area contributed by atoms with Crippen molar-refractivity contribution in [3.05, 3.63) is 23.9 Å². The summed E-state index contributed by atoms with van der Waals surface area (Å²) in [5.74, 6) is -0.0818. The van der Waals surface area contributed by atoms with Crippen molar-refractivity contribution >= 4 is 28.4 Å². The number of aromatic nitrogens is 2. The van der Waals surface area contributed by atoms with Crippen LogP contribution in [0, 0.1) is 5.92 Å². The molecule has 1 saturated heterocycles. The number of nitrogens with zero attached hydrogens (tertiary/aromatic N) is 2. The Morgan fingerprint density at radius 1 is 1.19 bits per heavy atom. The summed E-state index contributed by atoms with van der Waals surface area (Å²) in [5.41, 5.74) is 2.27. The number of H-pyrrole nitrogens is 1. The van der Waals surface area contributed by atoms with Crippen LogP contribution in [0.2, 0.25) is 0 Å². The zero-order chi connectivity index (χ0) is 22.3. The van der Waals surface area contributed by atoms with E-state index in [1.807, 2.05) is 18.2 Å². The highest BCUT2D eigenvalue weighted by Gasteiger charge is 2.26. The first-order chi connectivity index (χ1) is 15.7. The van der Waals surface area contributed by atoms with E-state index in [0.29, 0.717) is 24.9 Å². The van der Waals surface area contributed by atoms with Crippen molar-refractivity contribution in [2.45, 2.75) is 57.5 Å². The van der Waals surface area contributed by atoms with Gasteiger partial charge in [0.2, 0.25) is 5.91 Å². The van der Waals surface area contributed by atoms with Gasteiger partial charge < -0.3 is 20.3 Å². The summed E-state index contributed by atoms with van der Waals surface area (Å²) >= 11 is 0. The number of hydrogen-bond donors (Lipinski definition) is 3. The van der Waals surface area contributed by atoms with Crippen molar-refractivity contribution in [3.63, 3.8) is 0 Å². The van der Waals surface area contributed by atoms with Crippen LogP contribution in [0.4, 0.5) is 5.69 Å². The minimum Gasteiger partial charge on any atom is -0.378 e. The summed E-state index contributed by atoms with van der Waals surface area (Å²) in [7, 11) is 1.60. The molecule has 1 unspecified atom stereocenters. The molecule has 1 aliphatic heterocycles. The summed E-state index contributed by atoms with van der Waals surface area (Å²) in [4.78, 5) is 26.9. The number of ether oxygens (including phenoxy) is 1. The molecule has 1 aliphatic carbocycles. The van der Waals surface area contributed by atoms with Crippen LogP contribution in [0.25, 0.3) is 10.9 Å². The molecule has 8 heteroatoms. The smallest absolute Gasteiger partial charge is 0.272 e. The number of anilines is 1. The quantitative estimate of drug-likeness (QED) is 0.547. The number of carbonyl (C=O) groups is 2. The normalized spacial score (nSPS) is 19.8. The van der Waals surface area contributed by atoms with Crippen molar-refractivity contribution in [2.75, 3.05) is 38.2 Å². The number of benzene rings is 1. The lowest BCUT2D eigenvalue weighted by Gasteiger charge is -2.33. The topological polar surface area (TPSA) is 99.4 Å². The second-order valence-corrected chi connectivity index (χ2v) is 8.94. The summed E-state index contributed by atoms with van der Waals surface area (Å²) in [6.07, 6.45) is 9.44. The number of nitrogens with one attached hydrogen (secondary N) is 3. The lowest BCUT2D eigenvalue weighted by Crippen LogP contribution is -2.43. The minimum absolute atomic E-state index is 0.0121. The lowest BCUT2D eigenvalue weighted by atomic mass is 9.96. The van der Waals surface area contributed by atoms with E-state index in [2.05, 4.69) is 25.7 Å². The van der Waals surface area contributed by atoms with Crippen molar-refractivity contribution in [2.24, 2.45) is 5.92 Å². The zero-order valence-corrected chi connectivity index (χ0v) is 19.0. The van der Waals surface area contributed by atoms with E-state index < -0.39 is 0 Å². The van der Waals surface area contributed by atoms with Gasteiger partial charge in [0.15, 0.2) is 5.69 Å². The molecule has 2 amide bonds. The molecule has 3 N–H and O–H groups in total. The third-order valence-electron chi connectivity index (χ3n) is 6.67. The number of carbonyl (C=O) groups excluding carboxylic acids is 2. The molecule has 32 heavy (non-hydrogen) atoms.